The van der Waals surface area contributed by atoms with Crippen LogP contribution in [0, 0.1) is 0 Å². The summed E-state index contributed by atoms with van der Waals surface area (Å²) in [6.45, 7) is 0.0896. The molecule has 1 aliphatic heterocycles. The summed E-state index contributed by atoms with van der Waals surface area (Å²) in [6.07, 6.45) is 3.36. The van der Waals surface area contributed by atoms with E-state index in [-0.39, 0.29) is 11.5 Å². The Morgan fingerprint density at radius 2 is 1.84 bits per heavy atom. The average molecular weight is 438 g/mol. The Morgan fingerprint density at radius 3 is 2.58 bits per heavy atom. The van der Waals surface area contributed by atoms with Crippen LogP contribution in [0.1, 0.15) is 42.2 Å². The Kier molecular flexibility index (Phi) is 4.85. The average Bonchev–Trinajstić information content (AvgIpc) is 3.18. The van der Waals surface area contributed by atoms with Gasteiger partial charge in [0.15, 0.2) is 0 Å². The first-order valence-electron chi connectivity index (χ1n) is 10.4. The number of fused-ring (bicyclic) bond motifs is 2. The van der Waals surface area contributed by atoms with Gasteiger partial charge in [-0.25, -0.2) is 13.1 Å². The molecule has 1 N–H and O–H groups in total. The number of rotatable bonds is 5. The number of ether oxygens (including phenoxy) is 2. The lowest BCUT2D eigenvalue weighted by molar-refractivity contribution is -0.121. The van der Waals surface area contributed by atoms with Crippen molar-refractivity contribution >= 4 is 26.7 Å². The zero-order valence-electron chi connectivity index (χ0n) is 17.1. The Morgan fingerprint density at radius 1 is 1.06 bits per heavy atom. The Bertz CT molecular complexity index is 1280. The molecule has 0 saturated heterocycles. The van der Waals surface area contributed by atoms with Crippen LogP contribution in [0.2, 0.25) is 0 Å². The van der Waals surface area contributed by atoms with Crippen LogP contribution in [0.5, 0.6) is 11.5 Å². The molecule has 2 aliphatic rings. The van der Waals surface area contributed by atoms with Gasteiger partial charge in [-0.1, -0.05) is 48.9 Å². The van der Waals surface area contributed by atoms with Crippen molar-refractivity contribution in [1.29, 1.82) is 0 Å². The van der Waals surface area contributed by atoms with Crippen LogP contribution in [0.15, 0.2) is 59.5 Å². The predicted molar refractivity (Wildman–Crippen MR) is 117 cm³/mol. The topological polar surface area (TPSA) is 81.7 Å². The molecular weight excluding hydrogens is 414 g/mol. The monoisotopic (exact) mass is 437 g/mol. The molecule has 1 aliphatic carbocycles. The van der Waals surface area contributed by atoms with Crippen LogP contribution in [0.25, 0.3) is 10.8 Å². The number of nitrogens with one attached hydrogen (secondary N) is 1. The van der Waals surface area contributed by atoms with E-state index in [0.717, 1.165) is 23.8 Å². The molecular formula is C24H23NO5S. The summed E-state index contributed by atoms with van der Waals surface area (Å²) in [7, 11) is -2.52. The Balaban J connectivity index is 1.49. The largest absolute Gasteiger partial charge is 0.496 e. The van der Waals surface area contributed by atoms with E-state index in [9.17, 15) is 13.2 Å². The molecule has 0 radical (unpaired) electrons. The normalized spacial score (nSPS) is 18.2. The summed E-state index contributed by atoms with van der Waals surface area (Å²) in [5, 5.41) is 1.36. The maximum atomic E-state index is 13.1. The second-order valence-corrected chi connectivity index (χ2v) is 9.69. The first-order valence-corrected chi connectivity index (χ1v) is 11.9. The molecule has 1 heterocycles. The molecule has 1 fully saturated rings. The second kappa shape index (κ2) is 7.57. The summed E-state index contributed by atoms with van der Waals surface area (Å²) >= 11 is 0. The minimum absolute atomic E-state index is 0.0771. The van der Waals surface area contributed by atoms with Gasteiger partial charge in [-0.05, 0) is 41.8 Å². The van der Waals surface area contributed by atoms with Crippen LogP contribution in [-0.4, -0.2) is 28.0 Å². The molecule has 0 bridgehead atoms. The SMILES string of the molecule is COc1ccc(C2CCC2)c2c1[C@@H](C(=O)NS(=O)(=O)c1cccc3ccccc13)CO2. The van der Waals surface area contributed by atoms with E-state index in [0.29, 0.717) is 28.4 Å². The van der Waals surface area contributed by atoms with Gasteiger partial charge in [-0.15, -0.1) is 0 Å². The minimum Gasteiger partial charge on any atom is -0.496 e. The first kappa shape index (κ1) is 19.9. The van der Waals surface area contributed by atoms with Crippen molar-refractivity contribution < 1.29 is 22.7 Å². The highest BCUT2D eigenvalue weighted by atomic mass is 32.2. The van der Waals surface area contributed by atoms with E-state index in [4.69, 9.17) is 9.47 Å². The molecule has 0 unspecified atom stereocenters. The second-order valence-electron chi connectivity index (χ2n) is 8.04. The molecule has 7 heteroatoms. The molecule has 1 atom stereocenters. The summed E-state index contributed by atoms with van der Waals surface area (Å²) in [5.74, 6) is 0.261. The quantitative estimate of drug-likeness (QED) is 0.650. The molecule has 31 heavy (non-hydrogen) atoms. The van der Waals surface area contributed by atoms with E-state index < -0.39 is 21.8 Å². The Labute approximate surface area is 181 Å². The third-order valence-electron chi connectivity index (χ3n) is 6.28. The summed E-state index contributed by atoms with van der Waals surface area (Å²) in [5.41, 5.74) is 1.71. The maximum Gasteiger partial charge on any atom is 0.264 e. The number of amides is 1. The maximum absolute atomic E-state index is 13.1. The van der Waals surface area contributed by atoms with Crippen LogP contribution < -0.4 is 14.2 Å². The molecule has 3 aromatic rings. The van der Waals surface area contributed by atoms with Crippen molar-refractivity contribution in [3.63, 3.8) is 0 Å². The van der Waals surface area contributed by atoms with Crippen molar-refractivity contribution in [1.82, 2.24) is 4.72 Å². The molecule has 1 amide bonds. The summed E-state index contributed by atoms with van der Waals surface area (Å²) in [6, 6.07) is 16.0. The minimum atomic E-state index is -4.06. The third-order valence-corrected chi connectivity index (χ3v) is 7.69. The van der Waals surface area contributed by atoms with Crippen molar-refractivity contribution in [2.45, 2.75) is 36.0 Å². The highest BCUT2D eigenvalue weighted by Crippen LogP contribution is 2.49. The van der Waals surface area contributed by atoms with Crippen molar-refractivity contribution in [2.24, 2.45) is 0 Å². The van der Waals surface area contributed by atoms with Crippen LogP contribution in [0.4, 0.5) is 0 Å². The highest BCUT2D eigenvalue weighted by Gasteiger charge is 2.39. The lowest BCUT2D eigenvalue weighted by Crippen LogP contribution is -2.35. The van der Waals surface area contributed by atoms with Gasteiger partial charge < -0.3 is 9.47 Å². The first-order chi connectivity index (χ1) is 15.0. The van der Waals surface area contributed by atoms with Gasteiger partial charge >= 0.3 is 0 Å². The van der Waals surface area contributed by atoms with E-state index in [1.54, 1.807) is 25.3 Å². The lowest BCUT2D eigenvalue weighted by atomic mass is 9.78. The zero-order chi connectivity index (χ0) is 21.6. The van der Waals surface area contributed by atoms with Crippen molar-refractivity contribution in [3.8, 4) is 11.5 Å². The molecule has 5 rings (SSSR count). The van der Waals surface area contributed by atoms with Gasteiger partial charge in [0.2, 0.25) is 5.91 Å². The molecule has 0 spiro atoms. The number of carbonyl (C=O) groups is 1. The number of sulfonamides is 1. The van der Waals surface area contributed by atoms with E-state index in [1.165, 1.54) is 12.5 Å². The summed E-state index contributed by atoms with van der Waals surface area (Å²) in [4.78, 5) is 13.2. The number of hydrogen-bond donors (Lipinski definition) is 1. The van der Waals surface area contributed by atoms with Gasteiger partial charge in [-0.2, -0.15) is 0 Å². The standard InChI is InChI=1S/C24H23NO5S/c1-29-20-13-12-18(16-7-4-8-16)23-22(20)19(14-30-23)24(26)25-31(27,28)21-11-5-9-15-6-2-3-10-17(15)21/h2-3,5-6,9-13,16,19H,4,7-8,14H2,1H3,(H,25,26)/t19-/m0/s1. The molecule has 6 nitrogen and oxygen atoms in total. The van der Waals surface area contributed by atoms with Gasteiger partial charge in [-0.3, -0.25) is 4.79 Å². The zero-order valence-corrected chi connectivity index (χ0v) is 17.9. The van der Waals surface area contributed by atoms with Crippen LogP contribution in [0.3, 0.4) is 0 Å². The molecule has 1 saturated carbocycles. The fourth-order valence-electron chi connectivity index (χ4n) is 4.45. The molecule has 160 valence electrons. The predicted octanol–water partition coefficient (Wildman–Crippen LogP) is 4.10. The van der Waals surface area contributed by atoms with E-state index in [1.807, 2.05) is 30.3 Å². The number of carbonyl (C=O) groups excluding carboxylic acids is 1. The molecule has 0 aromatic heterocycles. The van der Waals surface area contributed by atoms with Gasteiger partial charge in [0.1, 0.15) is 24.0 Å². The van der Waals surface area contributed by atoms with Gasteiger partial charge in [0, 0.05) is 5.39 Å². The Hall–Kier alpha value is -3.06. The van der Waals surface area contributed by atoms with Crippen LogP contribution in [-0.2, 0) is 14.8 Å². The van der Waals surface area contributed by atoms with Gasteiger partial charge in [0.25, 0.3) is 10.0 Å². The third kappa shape index (κ3) is 3.33. The highest BCUT2D eigenvalue weighted by molar-refractivity contribution is 7.90. The number of benzene rings is 3. The van der Waals surface area contributed by atoms with E-state index >= 15 is 0 Å². The lowest BCUT2D eigenvalue weighted by Gasteiger charge is -2.27. The van der Waals surface area contributed by atoms with Crippen molar-refractivity contribution in [3.05, 3.63) is 65.7 Å². The van der Waals surface area contributed by atoms with Gasteiger partial charge in [0.05, 0.1) is 17.6 Å². The molecule has 3 aromatic carbocycles. The number of methoxy groups -OCH3 is 1. The van der Waals surface area contributed by atoms with E-state index in [2.05, 4.69) is 4.72 Å². The van der Waals surface area contributed by atoms with Crippen molar-refractivity contribution in [2.75, 3.05) is 13.7 Å². The smallest absolute Gasteiger partial charge is 0.264 e. The fraction of sp³-hybridized carbons (Fsp3) is 0.292. The number of hydrogen-bond acceptors (Lipinski definition) is 5. The summed E-state index contributed by atoms with van der Waals surface area (Å²) < 4.78 is 39.9. The fourth-order valence-corrected chi connectivity index (χ4v) is 5.70. The van der Waals surface area contributed by atoms with Crippen LogP contribution >= 0.6 is 0 Å².